The van der Waals surface area contributed by atoms with Gasteiger partial charge >= 0.3 is 12.1 Å². The Morgan fingerprint density at radius 2 is 1.52 bits per heavy atom. The molecule has 0 saturated heterocycles. The molecule has 11 nitrogen and oxygen atoms in total. The predicted molar refractivity (Wildman–Crippen MR) is 191 cm³/mol. The molecule has 274 valence electrons. The standard InChI is InChI=1S/C39H43F2N5O6/c1-39(2,3)52-38(50)42-21-24-7-11-26(12-8-24)33(47)20-29(36(48)45-30-15-13-27(14-16-30)35-43-22-44-46-35)17-23-5-9-25(10-6-23)28-18-31(40)34(32(41)19-28)37(49)51-4/h5-6,9-10,13-16,18-19,24,26,29H,7-8,11-12,17,20-22H2,1-4H3,(H,42,50)(H,45,48)/t24?,26?,29-/m1/s1. The second-order valence-electron chi connectivity index (χ2n) is 14.1. The zero-order chi connectivity index (χ0) is 37.4. The molecule has 5 rings (SSSR count). The highest BCUT2D eigenvalue weighted by Crippen LogP contribution is 2.32. The number of amides is 2. The number of nitrogens with one attached hydrogen (secondary N) is 2. The molecule has 1 fully saturated rings. The number of carbonyl (C=O) groups is 4. The molecule has 3 aromatic carbocycles. The molecule has 0 unspecified atom stereocenters. The Morgan fingerprint density at radius 1 is 0.885 bits per heavy atom. The Bertz CT molecular complexity index is 1820. The van der Waals surface area contributed by atoms with E-state index in [4.69, 9.17) is 4.74 Å². The van der Waals surface area contributed by atoms with Crippen molar-refractivity contribution < 1.29 is 37.4 Å². The van der Waals surface area contributed by atoms with Gasteiger partial charge in [-0.05, 0) is 112 Å². The third-order valence-corrected chi connectivity index (χ3v) is 9.12. The first-order chi connectivity index (χ1) is 24.8. The number of aliphatic imine (C=N–C) groups is 1. The number of nitrogens with zero attached hydrogens (tertiary/aromatic N) is 3. The summed E-state index contributed by atoms with van der Waals surface area (Å²) in [4.78, 5) is 55.5. The van der Waals surface area contributed by atoms with Gasteiger partial charge in [0.15, 0.2) is 12.5 Å². The van der Waals surface area contributed by atoms with Gasteiger partial charge in [0.1, 0.15) is 28.6 Å². The van der Waals surface area contributed by atoms with Crippen molar-refractivity contribution in [3.05, 3.63) is 89.0 Å². The largest absolute Gasteiger partial charge is 0.465 e. The van der Waals surface area contributed by atoms with Crippen molar-refractivity contribution in [3.63, 3.8) is 0 Å². The smallest absolute Gasteiger partial charge is 0.407 e. The molecular formula is C39H43F2N5O6. The van der Waals surface area contributed by atoms with E-state index in [9.17, 15) is 28.0 Å². The summed E-state index contributed by atoms with van der Waals surface area (Å²) in [5.41, 5.74) is 1.44. The van der Waals surface area contributed by atoms with Crippen molar-refractivity contribution in [2.24, 2.45) is 33.0 Å². The summed E-state index contributed by atoms with van der Waals surface area (Å²) < 4.78 is 39.0. The Kier molecular flexibility index (Phi) is 12.2. The summed E-state index contributed by atoms with van der Waals surface area (Å²) in [6.45, 7) is 6.18. The van der Waals surface area contributed by atoms with Crippen LogP contribution in [0.1, 0.15) is 74.4 Å². The van der Waals surface area contributed by atoms with Gasteiger partial charge in [0.05, 0.1) is 7.11 Å². The van der Waals surface area contributed by atoms with E-state index in [0.29, 0.717) is 36.5 Å². The number of benzene rings is 3. The fraction of sp³-hybridized carbons (Fsp3) is 0.410. The molecule has 1 heterocycles. The van der Waals surface area contributed by atoms with Crippen molar-refractivity contribution in [1.82, 2.24) is 5.32 Å². The van der Waals surface area contributed by atoms with Gasteiger partial charge in [0.2, 0.25) is 5.91 Å². The number of esters is 1. The van der Waals surface area contributed by atoms with Crippen molar-refractivity contribution in [2.75, 3.05) is 25.6 Å². The summed E-state index contributed by atoms with van der Waals surface area (Å²) in [7, 11) is 1.05. The molecule has 0 bridgehead atoms. The first-order valence-electron chi connectivity index (χ1n) is 17.3. The van der Waals surface area contributed by atoms with Crippen molar-refractivity contribution in [1.29, 1.82) is 0 Å². The highest BCUT2D eigenvalue weighted by molar-refractivity contribution is 6.01. The molecule has 0 radical (unpaired) electrons. The van der Waals surface area contributed by atoms with Crippen LogP contribution in [-0.4, -0.2) is 55.5 Å². The number of halogens is 2. The molecular weight excluding hydrogens is 672 g/mol. The molecule has 0 aromatic heterocycles. The number of methoxy groups -OCH3 is 1. The number of azo groups is 1. The fourth-order valence-electron chi connectivity index (χ4n) is 6.38. The van der Waals surface area contributed by atoms with Gasteiger partial charge < -0.3 is 20.1 Å². The normalized spacial score (nSPS) is 17.5. The molecule has 13 heteroatoms. The maximum Gasteiger partial charge on any atom is 0.407 e. The van der Waals surface area contributed by atoms with Gasteiger partial charge in [-0.1, -0.05) is 24.3 Å². The zero-order valence-corrected chi connectivity index (χ0v) is 29.7. The molecule has 1 aliphatic carbocycles. The third kappa shape index (κ3) is 10.1. The van der Waals surface area contributed by atoms with Gasteiger partial charge in [-0.2, -0.15) is 5.11 Å². The quantitative estimate of drug-likeness (QED) is 0.184. The SMILES string of the molecule is COC(=O)c1c(F)cc(-c2ccc(C[C@H](CC(=O)C3CCC(CNC(=O)OC(C)(C)C)CC3)C(=O)Nc3ccc(C4=NCN=N4)cc3)cc2)cc1F. The van der Waals surface area contributed by atoms with E-state index in [2.05, 4.69) is 30.6 Å². The summed E-state index contributed by atoms with van der Waals surface area (Å²) in [6, 6.07) is 16.0. The van der Waals surface area contributed by atoms with E-state index in [-0.39, 0.29) is 48.6 Å². The van der Waals surface area contributed by atoms with Crippen LogP contribution < -0.4 is 10.6 Å². The molecule has 1 aliphatic heterocycles. The van der Waals surface area contributed by atoms with E-state index in [1.54, 1.807) is 69.3 Å². The van der Waals surface area contributed by atoms with E-state index in [0.717, 1.165) is 43.2 Å². The van der Waals surface area contributed by atoms with Crippen LogP contribution in [0.15, 0.2) is 75.9 Å². The van der Waals surface area contributed by atoms with Crippen LogP contribution in [0.25, 0.3) is 11.1 Å². The maximum atomic E-state index is 14.6. The lowest BCUT2D eigenvalue weighted by molar-refractivity contribution is -0.129. The van der Waals surface area contributed by atoms with Gasteiger partial charge in [0, 0.05) is 36.1 Å². The molecule has 0 spiro atoms. The number of carbonyl (C=O) groups excluding carboxylic acids is 4. The molecule has 1 atom stereocenters. The van der Waals surface area contributed by atoms with E-state index in [1.807, 2.05) is 0 Å². The summed E-state index contributed by atoms with van der Waals surface area (Å²) >= 11 is 0. The lowest BCUT2D eigenvalue weighted by Crippen LogP contribution is -2.37. The number of anilines is 1. The zero-order valence-electron chi connectivity index (χ0n) is 29.7. The third-order valence-electron chi connectivity index (χ3n) is 9.12. The second-order valence-corrected chi connectivity index (χ2v) is 14.1. The van der Waals surface area contributed by atoms with Crippen molar-refractivity contribution in [2.45, 2.75) is 64.9 Å². The van der Waals surface area contributed by atoms with Crippen LogP contribution >= 0.6 is 0 Å². The highest BCUT2D eigenvalue weighted by atomic mass is 19.1. The highest BCUT2D eigenvalue weighted by Gasteiger charge is 2.31. The van der Waals surface area contributed by atoms with Crippen molar-refractivity contribution in [3.8, 4) is 11.1 Å². The Labute approximate surface area is 301 Å². The topological polar surface area (TPSA) is 148 Å². The lowest BCUT2D eigenvalue weighted by Gasteiger charge is -2.29. The second kappa shape index (κ2) is 16.8. The average molecular weight is 716 g/mol. The summed E-state index contributed by atoms with van der Waals surface area (Å²) in [6.07, 6.45) is 2.66. The summed E-state index contributed by atoms with van der Waals surface area (Å²) in [5.74, 6) is -3.65. The number of hydrogen-bond acceptors (Lipinski definition) is 9. The Morgan fingerprint density at radius 3 is 2.10 bits per heavy atom. The molecule has 2 amide bonds. The minimum atomic E-state index is -1.11. The number of amidine groups is 1. The van der Waals surface area contributed by atoms with E-state index in [1.165, 1.54) is 0 Å². The van der Waals surface area contributed by atoms with Gasteiger partial charge in [-0.3, -0.25) is 9.59 Å². The number of ketones is 1. The number of rotatable bonds is 12. The lowest BCUT2D eigenvalue weighted by atomic mass is 9.77. The van der Waals surface area contributed by atoms with Crippen molar-refractivity contribution >= 4 is 35.3 Å². The fourth-order valence-corrected chi connectivity index (χ4v) is 6.38. The molecule has 2 aliphatic rings. The Balaban J connectivity index is 1.26. The van der Waals surface area contributed by atoms with Crippen LogP contribution in [-0.2, 0) is 25.5 Å². The molecule has 1 saturated carbocycles. The van der Waals surface area contributed by atoms with Gasteiger partial charge in [-0.15, -0.1) is 5.11 Å². The average Bonchev–Trinajstić information content (AvgIpc) is 3.65. The summed E-state index contributed by atoms with van der Waals surface area (Å²) in [5, 5.41) is 13.6. The van der Waals surface area contributed by atoms with Crippen LogP contribution in [0.5, 0.6) is 0 Å². The van der Waals surface area contributed by atoms with Gasteiger partial charge in [-0.25, -0.2) is 23.4 Å². The minimum absolute atomic E-state index is 0.00641. The van der Waals surface area contributed by atoms with E-state index >= 15 is 0 Å². The van der Waals surface area contributed by atoms with Crippen LogP contribution in [0.4, 0.5) is 19.3 Å². The number of alkyl carbamates (subject to hydrolysis) is 1. The van der Waals surface area contributed by atoms with Gasteiger partial charge in [0.25, 0.3) is 0 Å². The number of Topliss-reactive ketones (excluding diaryl/α,β-unsaturated/α-hetero) is 1. The molecule has 52 heavy (non-hydrogen) atoms. The van der Waals surface area contributed by atoms with E-state index < -0.39 is 40.8 Å². The first kappa shape index (κ1) is 37.9. The van der Waals surface area contributed by atoms with Crippen LogP contribution in [0.2, 0.25) is 0 Å². The van der Waals surface area contributed by atoms with Crippen LogP contribution in [0.3, 0.4) is 0 Å². The monoisotopic (exact) mass is 715 g/mol. The first-order valence-corrected chi connectivity index (χ1v) is 17.3. The molecule has 2 N–H and O–H groups in total. The minimum Gasteiger partial charge on any atom is -0.465 e. The molecule has 3 aromatic rings. The Hall–Kier alpha value is -5.33. The predicted octanol–water partition coefficient (Wildman–Crippen LogP) is 7.68. The maximum absolute atomic E-state index is 14.6. The number of hydrogen-bond donors (Lipinski definition) is 2. The number of ether oxygens (including phenoxy) is 2. The van der Waals surface area contributed by atoms with Crippen LogP contribution in [0, 0.1) is 29.4 Å².